The van der Waals surface area contributed by atoms with Crippen molar-refractivity contribution >= 4 is 29.1 Å². The summed E-state index contributed by atoms with van der Waals surface area (Å²) in [7, 11) is 1.56. The van der Waals surface area contributed by atoms with Crippen molar-refractivity contribution in [1.29, 1.82) is 0 Å². The zero-order valence-corrected chi connectivity index (χ0v) is 18.2. The minimum absolute atomic E-state index is 0.0772. The van der Waals surface area contributed by atoms with Crippen LogP contribution < -0.4 is 15.5 Å². The van der Waals surface area contributed by atoms with Gasteiger partial charge in [0, 0.05) is 32.3 Å². The fraction of sp³-hybridized carbons (Fsp3) is 0.375. The van der Waals surface area contributed by atoms with E-state index < -0.39 is 5.92 Å². The first kappa shape index (κ1) is 22.5. The number of carbonyl (C=O) groups excluding carboxylic acids is 3. The van der Waals surface area contributed by atoms with Crippen LogP contribution in [0.5, 0.6) is 0 Å². The maximum absolute atomic E-state index is 12.9. The van der Waals surface area contributed by atoms with Gasteiger partial charge in [0.25, 0.3) is 5.91 Å². The first-order chi connectivity index (χ1) is 14.9. The highest BCUT2D eigenvalue weighted by Gasteiger charge is 2.35. The summed E-state index contributed by atoms with van der Waals surface area (Å²) >= 11 is 0. The van der Waals surface area contributed by atoms with Gasteiger partial charge in [-0.25, -0.2) is 0 Å². The van der Waals surface area contributed by atoms with Gasteiger partial charge < -0.3 is 20.3 Å². The third-order valence-electron chi connectivity index (χ3n) is 5.37. The van der Waals surface area contributed by atoms with Gasteiger partial charge in [0.2, 0.25) is 11.8 Å². The molecule has 2 aromatic rings. The summed E-state index contributed by atoms with van der Waals surface area (Å²) in [6, 6.07) is 14.7. The summed E-state index contributed by atoms with van der Waals surface area (Å²) in [5.41, 5.74) is 2.75. The second-order valence-corrected chi connectivity index (χ2v) is 7.94. The molecule has 2 N–H and O–H groups in total. The summed E-state index contributed by atoms with van der Waals surface area (Å²) in [6.07, 6.45) is 0.139. The predicted molar refractivity (Wildman–Crippen MR) is 120 cm³/mol. The number of nitrogens with zero attached hydrogens (tertiary/aromatic N) is 1. The molecule has 2 aromatic carbocycles. The van der Waals surface area contributed by atoms with Crippen LogP contribution in [0.3, 0.4) is 0 Å². The Morgan fingerprint density at radius 1 is 1.16 bits per heavy atom. The van der Waals surface area contributed by atoms with Crippen LogP contribution >= 0.6 is 0 Å². The first-order valence-electron chi connectivity index (χ1n) is 10.5. The summed E-state index contributed by atoms with van der Waals surface area (Å²) in [5.74, 6) is -0.773. The Labute approximate surface area is 182 Å². The summed E-state index contributed by atoms with van der Waals surface area (Å²) in [4.78, 5) is 39.6. The Kier molecular flexibility index (Phi) is 7.41. The number of rotatable bonds is 8. The smallest absolute Gasteiger partial charge is 0.253 e. The molecule has 1 heterocycles. The number of para-hydroxylation sites is 1. The summed E-state index contributed by atoms with van der Waals surface area (Å²) in [5, 5.41) is 5.59. The Hall–Kier alpha value is -3.19. The van der Waals surface area contributed by atoms with E-state index in [2.05, 4.69) is 24.5 Å². The highest BCUT2D eigenvalue weighted by atomic mass is 16.5. The Balaban J connectivity index is 1.69. The molecule has 0 bridgehead atoms. The summed E-state index contributed by atoms with van der Waals surface area (Å²) in [6.45, 7) is 5.29. The minimum Gasteiger partial charge on any atom is -0.383 e. The normalized spacial score (nSPS) is 15.9. The van der Waals surface area contributed by atoms with E-state index in [4.69, 9.17) is 4.74 Å². The van der Waals surface area contributed by atoms with Gasteiger partial charge in [-0.05, 0) is 35.7 Å². The minimum atomic E-state index is -0.486. The second-order valence-electron chi connectivity index (χ2n) is 7.94. The van der Waals surface area contributed by atoms with Gasteiger partial charge in [-0.15, -0.1) is 0 Å². The van der Waals surface area contributed by atoms with Crippen molar-refractivity contribution in [2.24, 2.45) is 5.92 Å². The van der Waals surface area contributed by atoms with Crippen molar-refractivity contribution in [3.63, 3.8) is 0 Å². The predicted octanol–water partition coefficient (Wildman–Crippen LogP) is 3.18. The molecule has 1 aliphatic heterocycles. The van der Waals surface area contributed by atoms with E-state index in [9.17, 15) is 14.4 Å². The maximum Gasteiger partial charge on any atom is 0.253 e. The van der Waals surface area contributed by atoms with Crippen molar-refractivity contribution < 1.29 is 19.1 Å². The molecule has 0 spiro atoms. The first-order valence-corrected chi connectivity index (χ1v) is 10.5. The van der Waals surface area contributed by atoms with E-state index in [1.807, 2.05) is 24.3 Å². The molecule has 1 atom stereocenters. The zero-order valence-electron chi connectivity index (χ0n) is 18.2. The Morgan fingerprint density at radius 2 is 1.94 bits per heavy atom. The molecule has 31 heavy (non-hydrogen) atoms. The molecule has 7 nitrogen and oxygen atoms in total. The van der Waals surface area contributed by atoms with E-state index in [0.29, 0.717) is 36.9 Å². The molecule has 3 amide bonds. The monoisotopic (exact) mass is 423 g/mol. The Morgan fingerprint density at radius 3 is 2.68 bits per heavy atom. The van der Waals surface area contributed by atoms with Gasteiger partial charge in [-0.1, -0.05) is 38.1 Å². The lowest BCUT2D eigenvalue weighted by Gasteiger charge is -2.19. The van der Waals surface area contributed by atoms with Crippen molar-refractivity contribution in [2.75, 3.05) is 37.0 Å². The fourth-order valence-corrected chi connectivity index (χ4v) is 3.57. The lowest BCUT2D eigenvalue weighted by Crippen LogP contribution is -2.30. The number of ether oxygens (including phenoxy) is 1. The lowest BCUT2D eigenvalue weighted by molar-refractivity contribution is -0.122. The SMILES string of the molecule is COCCNC(=O)c1ccccc1NC(=O)[C@@H]1CC(=O)N(c2cccc(C(C)C)c2)C1. The molecule has 1 saturated heterocycles. The van der Waals surface area contributed by atoms with Crippen LogP contribution in [0.1, 0.15) is 42.1 Å². The molecule has 3 rings (SSSR count). The second kappa shape index (κ2) is 10.2. The quantitative estimate of drug-likeness (QED) is 0.639. The van der Waals surface area contributed by atoms with Crippen molar-refractivity contribution in [3.8, 4) is 0 Å². The van der Waals surface area contributed by atoms with Crippen LogP contribution in [-0.4, -0.2) is 44.5 Å². The van der Waals surface area contributed by atoms with Crippen LogP contribution in [0.15, 0.2) is 48.5 Å². The molecule has 1 fully saturated rings. The van der Waals surface area contributed by atoms with Crippen molar-refractivity contribution in [1.82, 2.24) is 5.32 Å². The van der Waals surface area contributed by atoms with E-state index in [0.717, 1.165) is 11.3 Å². The largest absolute Gasteiger partial charge is 0.383 e. The molecule has 7 heteroatoms. The summed E-state index contributed by atoms with van der Waals surface area (Å²) < 4.78 is 4.95. The molecule has 0 aliphatic carbocycles. The van der Waals surface area contributed by atoms with Crippen LogP contribution in [0.25, 0.3) is 0 Å². The standard InChI is InChI=1S/C24H29N3O4/c1-16(2)17-7-6-8-19(13-17)27-15-18(14-22(27)28)23(29)26-21-10-5-4-9-20(21)24(30)25-11-12-31-3/h4-10,13,16,18H,11-12,14-15H2,1-3H3,(H,25,30)(H,26,29)/t18-/m1/s1. The topological polar surface area (TPSA) is 87.7 Å². The molecule has 164 valence electrons. The van der Waals surface area contributed by atoms with Crippen molar-refractivity contribution in [3.05, 3.63) is 59.7 Å². The number of methoxy groups -OCH3 is 1. The average Bonchev–Trinajstić information content (AvgIpc) is 3.16. The molecule has 0 unspecified atom stereocenters. The maximum atomic E-state index is 12.9. The van der Waals surface area contributed by atoms with Crippen LogP contribution in [0, 0.1) is 5.92 Å². The van der Waals surface area contributed by atoms with E-state index in [-0.39, 0.29) is 24.1 Å². The van der Waals surface area contributed by atoms with E-state index >= 15 is 0 Å². The van der Waals surface area contributed by atoms with Crippen LogP contribution in [0.2, 0.25) is 0 Å². The molecule has 1 aliphatic rings. The highest BCUT2D eigenvalue weighted by Crippen LogP contribution is 2.29. The van der Waals surface area contributed by atoms with Gasteiger partial charge in [0.15, 0.2) is 0 Å². The Bertz CT molecular complexity index is 957. The molecule has 0 radical (unpaired) electrons. The molecule has 0 saturated carbocycles. The van der Waals surface area contributed by atoms with E-state index in [1.165, 1.54) is 0 Å². The highest BCUT2D eigenvalue weighted by molar-refractivity contribution is 6.07. The molecular formula is C24H29N3O4. The lowest BCUT2D eigenvalue weighted by atomic mass is 10.0. The van der Waals surface area contributed by atoms with Gasteiger partial charge in [-0.3, -0.25) is 14.4 Å². The molecular weight excluding hydrogens is 394 g/mol. The molecule has 0 aromatic heterocycles. The fourth-order valence-electron chi connectivity index (χ4n) is 3.57. The van der Waals surface area contributed by atoms with Crippen molar-refractivity contribution in [2.45, 2.75) is 26.2 Å². The number of hydrogen-bond donors (Lipinski definition) is 2. The number of nitrogens with one attached hydrogen (secondary N) is 2. The third-order valence-corrected chi connectivity index (χ3v) is 5.37. The number of anilines is 2. The van der Waals surface area contributed by atoms with Crippen LogP contribution in [0.4, 0.5) is 11.4 Å². The van der Waals surface area contributed by atoms with Crippen LogP contribution in [-0.2, 0) is 14.3 Å². The van der Waals surface area contributed by atoms with Gasteiger partial charge >= 0.3 is 0 Å². The number of hydrogen-bond acceptors (Lipinski definition) is 4. The van der Waals surface area contributed by atoms with Gasteiger partial charge in [0.05, 0.1) is 23.8 Å². The third kappa shape index (κ3) is 5.49. The average molecular weight is 424 g/mol. The van der Waals surface area contributed by atoms with Gasteiger partial charge in [-0.2, -0.15) is 0 Å². The zero-order chi connectivity index (χ0) is 22.4. The number of carbonyl (C=O) groups is 3. The number of amides is 3. The van der Waals surface area contributed by atoms with Gasteiger partial charge in [0.1, 0.15) is 0 Å². The van der Waals surface area contributed by atoms with E-state index in [1.54, 1.807) is 36.3 Å². The number of benzene rings is 2.